The fourth-order valence-electron chi connectivity index (χ4n) is 3.49. The van der Waals surface area contributed by atoms with Crippen molar-refractivity contribution >= 4 is 21.6 Å². The first kappa shape index (κ1) is 20.9. The molecule has 1 saturated heterocycles. The van der Waals surface area contributed by atoms with E-state index in [1.807, 2.05) is 0 Å². The molecule has 11 heteroatoms. The number of ether oxygens (including phenoxy) is 1. The van der Waals surface area contributed by atoms with Crippen LogP contribution in [-0.2, 0) is 10.0 Å². The summed E-state index contributed by atoms with van der Waals surface area (Å²) < 4.78 is 38.3. The molecule has 3 aromatic rings. The van der Waals surface area contributed by atoms with Gasteiger partial charge in [-0.2, -0.15) is 0 Å². The fourth-order valence-corrected chi connectivity index (χ4v) is 4.96. The average Bonchev–Trinajstić information content (AvgIpc) is 3.55. The summed E-state index contributed by atoms with van der Waals surface area (Å²) in [6.45, 7) is 3.33. The van der Waals surface area contributed by atoms with Crippen molar-refractivity contribution in [3.63, 3.8) is 0 Å². The highest BCUT2D eigenvalue weighted by atomic mass is 32.2. The highest BCUT2D eigenvalue weighted by Crippen LogP contribution is 2.28. The lowest BCUT2D eigenvalue weighted by Gasteiger charge is -2.22. The molecule has 1 aliphatic rings. The zero-order valence-corrected chi connectivity index (χ0v) is 18.1. The summed E-state index contributed by atoms with van der Waals surface area (Å²) in [5, 5.41) is 7.72. The van der Waals surface area contributed by atoms with Gasteiger partial charge in [-0.25, -0.2) is 8.42 Å². The molecule has 0 saturated carbocycles. The van der Waals surface area contributed by atoms with Gasteiger partial charge >= 0.3 is 11.8 Å². The summed E-state index contributed by atoms with van der Waals surface area (Å²) >= 11 is 0. The van der Waals surface area contributed by atoms with Crippen LogP contribution in [0.15, 0.2) is 45.8 Å². The lowest BCUT2D eigenvalue weighted by Crippen LogP contribution is -2.30. The van der Waals surface area contributed by atoms with Crippen LogP contribution in [0.4, 0.5) is 5.69 Å². The molecule has 0 bridgehead atoms. The summed E-state index contributed by atoms with van der Waals surface area (Å²) in [4.78, 5) is 17.0. The number of sulfonamides is 1. The third kappa shape index (κ3) is 4.00. The van der Waals surface area contributed by atoms with Crippen LogP contribution in [0.3, 0.4) is 0 Å². The van der Waals surface area contributed by atoms with E-state index < -0.39 is 10.0 Å². The first-order valence-corrected chi connectivity index (χ1v) is 11.4. The van der Waals surface area contributed by atoms with Crippen molar-refractivity contribution in [2.75, 3.05) is 31.0 Å². The number of carbonyl (C=O) groups is 1. The van der Waals surface area contributed by atoms with E-state index in [-0.39, 0.29) is 29.1 Å². The Morgan fingerprint density at radius 1 is 1.23 bits per heavy atom. The van der Waals surface area contributed by atoms with Crippen molar-refractivity contribution in [2.45, 2.75) is 24.7 Å². The van der Waals surface area contributed by atoms with Crippen molar-refractivity contribution in [1.29, 1.82) is 0 Å². The number of anilines is 1. The average molecular weight is 446 g/mol. The minimum Gasteiger partial charge on any atom is -0.497 e. The number of H-pyrrole nitrogens is 1. The first-order valence-electron chi connectivity index (χ1n) is 9.92. The number of likely N-dealkylation sites (tertiary alicyclic amines) is 1. The number of benzene rings is 1. The van der Waals surface area contributed by atoms with Gasteiger partial charge in [0.2, 0.25) is 0 Å². The predicted molar refractivity (Wildman–Crippen MR) is 112 cm³/mol. The summed E-state index contributed by atoms with van der Waals surface area (Å²) in [5.74, 6) is 0.268. The molecule has 1 amide bonds. The van der Waals surface area contributed by atoms with Gasteiger partial charge in [0.15, 0.2) is 0 Å². The van der Waals surface area contributed by atoms with Crippen LogP contribution in [-0.4, -0.2) is 61.2 Å². The normalized spacial score (nSPS) is 14.1. The molecule has 1 aromatic carbocycles. The number of nitrogens with one attached hydrogen (secondary N) is 1. The topological polar surface area (TPSA) is 122 Å². The van der Waals surface area contributed by atoms with Crippen molar-refractivity contribution in [3.8, 4) is 17.3 Å². The van der Waals surface area contributed by atoms with Crippen molar-refractivity contribution in [3.05, 3.63) is 42.4 Å². The molecule has 31 heavy (non-hydrogen) atoms. The van der Waals surface area contributed by atoms with Gasteiger partial charge in [0.25, 0.3) is 15.9 Å². The summed E-state index contributed by atoms with van der Waals surface area (Å²) in [7, 11) is -2.29. The van der Waals surface area contributed by atoms with E-state index in [1.54, 1.807) is 43.2 Å². The molecular weight excluding hydrogens is 422 g/mol. The van der Waals surface area contributed by atoms with Crippen molar-refractivity contribution < 1.29 is 22.4 Å². The Kier molecular flexibility index (Phi) is 5.68. The predicted octanol–water partition coefficient (Wildman–Crippen LogP) is 2.52. The maximum atomic E-state index is 13.2. The number of carbonyl (C=O) groups excluding carboxylic acids is 1. The highest BCUT2D eigenvalue weighted by molar-refractivity contribution is 7.92. The molecule has 1 fully saturated rings. The van der Waals surface area contributed by atoms with E-state index in [0.717, 1.165) is 12.8 Å². The zero-order chi connectivity index (χ0) is 22.0. The Morgan fingerprint density at radius 2 is 1.94 bits per heavy atom. The summed E-state index contributed by atoms with van der Waals surface area (Å²) in [6, 6.07) is 8.18. The zero-order valence-electron chi connectivity index (χ0n) is 17.2. The fraction of sp³-hybridized carbons (Fsp3) is 0.350. The van der Waals surface area contributed by atoms with Gasteiger partial charge in [0, 0.05) is 25.8 Å². The van der Waals surface area contributed by atoms with Crippen LogP contribution >= 0.6 is 0 Å². The standard InChI is InChI=1S/C20H23N5O5S/c1-3-25(14-6-8-15(29-2)9-7-14)31(27,28)16-12-17(21-13-16)18-22-23-19(30-18)20(26)24-10-4-5-11-24/h6-9,12-13,21H,3-5,10-11H2,1-2H3. The molecule has 164 valence electrons. The van der Waals surface area contributed by atoms with Crippen LogP contribution in [0.25, 0.3) is 11.6 Å². The molecule has 1 aliphatic heterocycles. The van der Waals surface area contributed by atoms with Gasteiger partial charge in [-0.1, -0.05) is 0 Å². The smallest absolute Gasteiger partial charge is 0.311 e. The largest absolute Gasteiger partial charge is 0.497 e. The van der Waals surface area contributed by atoms with E-state index in [1.165, 1.54) is 16.6 Å². The number of nitrogens with zero attached hydrogens (tertiary/aromatic N) is 4. The second-order valence-electron chi connectivity index (χ2n) is 7.03. The first-order chi connectivity index (χ1) is 14.9. The second-order valence-corrected chi connectivity index (χ2v) is 8.89. The minimum absolute atomic E-state index is 0.0470. The monoisotopic (exact) mass is 445 g/mol. The van der Waals surface area contributed by atoms with Crippen LogP contribution < -0.4 is 9.04 Å². The Hall–Kier alpha value is -3.34. The minimum atomic E-state index is -3.84. The van der Waals surface area contributed by atoms with Crippen molar-refractivity contribution in [1.82, 2.24) is 20.1 Å². The van der Waals surface area contributed by atoms with Gasteiger partial charge in [0.05, 0.1) is 12.8 Å². The lowest BCUT2D eigenvalue weighted by atomic mass is 10.3. The van der Waals surface area contributed by atoms with E-state index in [2.05, 4.69) is 15.2 Å². The molecule has 0 radical (unpaired) electrons. The molecule has 10 nitrogen and oxygen atoms in total. The van der Waals surface area contributed by atoms with E-state index in [0.29, 0.717) is 30.2 Å². The Bertz CT molecular complexity index is 1160. The van der Waals surface area contributed by atoms with Crippen LogP contribution in [0.1, 0.15) is 30.5 Å². The third-order valence-electron chi connectivity index (χ3n) is 5.12. The quantitative estimate of drug-likeness (QED) is 0.593. The van der Waals surface area contributed by atoms with E-state index >= 15 is 0 Å². The molecule has 0 atom stereocenters. The highest BCUT2D eigenvalue weighted by Gasteiger charge is 2.28. The number of rotatable bonds is 7. The van der Waals surface area contributed by atoms with Gasteiger partial charge in [-0.05, 0) is 50.1 Å². The maximum Gasteiger partial charge on any atom is 0.311 e. The summed E-state index contributed by atoms with van der Waals surface area (Å²) in [5.41, 5.74) is 0.833. The van der Waals surface area contributed by atoms with Gasteiger partial charge in [-0.15, -0.1) is 10.2 Å². The molecule has 0 unspecified atom stereocenters. The van der Waals surface area contributed by atoms with E-state index in [9.17, 15) is 13.2 Å². The molecule has 0 spiro atoms. The van der Waals surface area contributed by atoms with Gasteiger partial charge in [0.1, 0.15) is 16.3 Å². The van der Waals surface area contributed by atoms with Crippen LogP contribution in [0.2, 0.25) is 0 Å². The summed E-state index contributed by atoms with van der Waals surface area (Å²) in [6.07, 6.45) is 3.27. The molecule has 4 rings (SSSR count). The maximum absolute atomic E-state index is 13.2. The Morgan fingerprint density at radius 3 is 2.58 bits per heavy atom. The van der Waals surface area contributed by atoms with Crippen molar-refractivity contribution in [2.24, 2.45) is 0 Å². The number of methoxy groups -OCH3 is 1. The van der Waals surface area contributed by atoms with Gasteiger partial charge < -0.3 is 19.0 Å². The molecule has 2 aromatic heterocycles. The van der Waals surface area contributed by atoms with Gasteiger partial charge in [-0.3, -0.25) is 9.10 Å². The lowest BCUT2D eigenvalue weighted by molar-refractivity contribution is 0.0754. The number of hydrogen-bond donors (Lipinski definition) is 1. The van der Waals surface area contributed by atoms with E-state index in [4.69, 9.17) is 9.15 Å². The number of aromatic amines is 1. The number of amides is 1. The molecule has 3 heterocycles. The number of aromatic nitrogens is 3. The third-order valence-corrected chi connectivity index (χ3v) is 7.00. The van der Waals surface area contributed by atoms with Crippen LogP contribution in [0.5, 0.6) is 5.75 Å². The Balaban J connectivity index is 1.57. The van der Waals surface area contributed by atoms with Crippen LogP contribution in [0, 0.1) is 0 Å². The molecule has 0 aliphatic carbocycles. The molecular formula is C20H23N5O5S. The second kappa shape index (κ2) is 8.42. The number of hydrogen-bond acceptors (Lipinski definition) is 7. The SMILES string of the molecule is CCN(c1ccc(OC)cc1)S(=O)(=O)c1c[nH]c(-c2nnc(C(=O)N3CCCC3)o2)c1. The Labute approximate surface area is 179 Å². The molecule has 1 N–H and O–H groups in total.